The molecular weight excluding hydrogens is 420 g/mol. The fourth-order valence-electron chi connectivity index (χ4n) is 3.33. The van der Waals surface area contributed by atoms with Crippen molar-refractivity contribution in [2.45, 2.75) is 13.0 Å². The van der Waals surface area contributed by atoms with Crippen LogP contribution in [0.5, 0.6) is 0 Å². The number of benzene rings is 2. The summed E-state index contributed by atoms with van der Waals surface area (Å²) in [5.74, 6) is 0.455. The third-order valence-electron chi connectivity index (χ3n) is 4.93. The zero-order valence-electron chi connectivity index (χ0n) is 16.1. The van der Waals surface area contributed by atoms with E-state index in [1.165, 1.54) is 11.8 Å². The number of aromatic nitrogens is 1. The number of aryl methyl sites for hydroxylation is 1. The van der Waals surface area contributed by atoms with Gasteiger partial charge in [-0.15, -0.1) is 11.8 Å². The van der Waals surface area contributed by atoms with Crippen molar-refractivity contribution in [3.63, 3.8) is 0 Å². The number of carbonyl (C=O) groups is 2. The largest absolute Gasteiger partial charge is 0.324 e. The van der Waals surface area contributed by atoms with Gasteiger partial charge in [-0.2, -0.15) is 5.26 Å². The molecule has 0 aliphatic carbocycles. The topological polar surface area (TPSA) is 86.1 Å². The van der Waals surface area contributed by atoms with Gasteiger partial charge in [0.2, 0.25) is 5.91 Å². The molecule has 1 aliphatic rings. The molecule has 1 saturated heterocycles. The van der Waals surface area contributed by atoms with E-state index in [0.717, 1.165) is 10.9 Å². The van der Waals surface area contributed by atoms with Gasteiger partial charge in [-0.05, 0) is 55.5 Å². The number of fused-ring (bicyclic) bond motifs is 1. The molecule has 8 heteroatoms. The van der Waals surface area contributed by atoms with Crippen molar-refractivity contribution in [2.75, 3.05) is 16.9 Å². The van der Waals surface area contributed by atoms with E-state index in [1.807, 2.05) is 12.1 Å². The Bertz CT molecular complexity index is 1190. The first kappa shape index (κ1) is 20.2. The lowest BCUT2D eigenvalue weighted by atomic mass is 10.1. The fourth-order valence-corrected chi connectivity index (χ4v) is 4.66. The first-order valence-electron chi connectivity index (χ1n) is 9.23. The number of nitriles is 1. The smallest absolute Gasteiger partial charge is 0.257 e. The van der Waals surface area contributed by atoms with Crippen molar-refractivity contribution in [3.05, 3.63) is 70.4 Å². The Morgan fingerprint density at radius 2 is 2.00 bits per heavy atom. The zero-order valence-corrected chi connectivity index (χ0v) is 17.6. The van der Waals surface area contributed by atoms with E-state index in [4.69, 9.17) is 16.9 Å². The van der Waals surface area contributed by atoms with Crippen LogP contribution in [0.4, 0.5) is 5.69 Å². The van der Waals surface area contributed by atoms with Crippen LogP contribution < -0.4 is 5.32 Å². The molecule has 2 heterocycles. The third-order valence-corrected chi connectivity index (χ3v) is 6.17. The molecule has 0 bridgehead atoms. The number of hydrogen-bond donors (Lipinski definition) is 1. The predicted octanol–water partition coefficient (Wildman–Crippen LogP) is 4.22. The number of rotatable bonds is 3. The summed E-state index contributed by atoms with van der Waals surface area (Å²) in [5, 5.41) is 13.1. The van der Waals surface area contributed by atoms with Crippen LogP contribution in [-0.2, 0) is 4.79 Å². The lowest BCUT2D eigenvalue weighted by Crippen LogP contribution is -2.44. The number of halogens is 1. The maximum absolute atomic E-state index is 13.3. The van der Waals surface area contributed by atoms with Crippen LogP contribution in [0.25, 0.3) is 10.9 Å². The van der Waals surface area contributed by atoms with Crippen LogP contribution in [0.15, 0.2) is 48.5 Å². The molecule has 1 N–H and O–H groups in total. The molecular formula is C22H17ClN4O2S. The Kier molecular flexibility index (Phi) is 5.62. The molecule has 30 heavy (non-hydrogen) atoms. The number of nitrogens with zero attached hydrogens (tertiary/aromatic N) is 3. The highest BCUT2D eigenvalue weighted by molar-refractivity contribution is 7.99. The van der Waals surface area contributed by atoms with E-state index < -0.39 is 6.04 Å². The van der Waals surface area contributed by atoms with Gasteiger partial charge < -0.3 is 10.2 Å². The lowest BCUT2D eigenvalue weighted by Gasteiger charge is -2.24. The first-order chi connectivity index (χ1) is 14.5. The quantitative estimate of drug-likeness (QED) is 0.664. The Morgan fingerprint density at radius 3 is 2.73 bits per heavy atom. The highest BCUT2D eigenvalue weighted by Gasteiger charge is 2.36. The van der Waals surface area contributed by atoms with Crippen molar-refractivity contribution in [3.8, 4) is 6.07 Å². The van der Waals surface area contributed by atoms with Crippen molar-refractivity contribution in [2.24, 2.45) is 0 Å². The molecule has 150 valence electrons. The number of amides is 2. The van der Waals surface area contributed by atoms with E-state index in [1.54, 1.807) is 54.3 Å². The summed E-state index contributed by atoms with van der Waals surface area (Å²) >= 11 is 7.61. The van der Waals surface area contributed by atoms with Gasteiger partial charge in [0.15, 0.2) is 0 Å². The maximum atomic E-state index is 13.3. The molecule has 1 atom stereocenters. The van der Waals surface area contributed by atoms with Gasteiger partial charge in [0.05, 0.1) is 34.3 Å². The van der Waals surface area contributed by atoms with Gasteiger partial charge >= 0.3 is 0 Å². The normalized spacial score (nSPS) is 15.8. The molecule has 0 spiro atoms. The third kappa shape index (κ3) is 3.97. The molecule has 0 saturated carbocycles. The van der Waals surface area contributed by atoms with Crippen LogP contribution in [0.2, 0.25) is 5.02 Å². The van der Waals surface area contributed by atoms with Gasteiger partial charge in [-0.1, -0.05) is 11.6 Å². The Hall–Kier alpha value is -3.08. The summed E-state index contributed by atoms with van der Waals surface area (Å²) in [6.07, 6.45) is 0. The minimum Gasteiger partial charge on any atom is -0.324 e. The van der Waals surface area contributed by atoms with Crippen LogP contribution >= 0.6 is 23.4 Å². The Labute approximate surface area is 182 Å². The number of nitrogens with one attached hydrogen (secondary N) is 1. The second-order valence-electron chi connectivity index (χ2n) is 6.93. The van der Waals surface area contributed by atoms with E-state index in [9.17, 15) is 9.59 Å². The number of anilines is 1. The maximum Gasteiger partial charge on any atom is 0.257 e. The molecule has 1 aromatic heterocycles. The molecule has 1 aliphatic heterocycles. The van der Waals surface area contributed by atoms with Crippen LogP contribution in [0.3, 0.4) is 0 Å². The lowest BCUT2D eigenvalue weighted by molar-refractivity contribution is -0.119. The zero-order chi connectivity index (χ0) is 21.3. The molecule has 2 amide bonds. The molecule has 3 aromatic rings. The highest BCUT2D eigenvalue weighted by Crippen LogP contribution is 2.27. The van der Waals surface area contributed by atoms with Crippen LogP contribution in [0, 0.1) is 18.3 Å². The number of hydrogen-bond acceptors (Lipinski definition) is 5. The second-order valence-corrected chi connectivity index (χ2v) is 8.36. The molecule has 0 radical (unpaired) electrons. The molecule has 1 unspecified atom stereocenters. The van der Waals surface area contributed by atoms with Crippen LogP contribution in [0.1, 0.15) is 21.6 Å². The van der Waals surface area contributed by atoms with Crippen molar-refractivity contribution >= 4 is 51.8 Å². The predicted molar refractivity (Wildman–Crippen MR) is 119 cm³/mol. The standard InChI is InChI=1S/C22H17ClN4O2S/c1-13-18(9-15-8-16(23)4-7-19(15)25-13)22(29)27-12-30-11-20(27)21(28)26-17-5-2-14(10-24)3-6-17/h2-9,20H,11-12H2,1H3,(H,26,28). The second kappa shape index (κ2) is 8.34. The number of thioether (sulfide) groups is 1. The summed E-state index contributed by atoms with van der Waals surface area (Å²) in [6.45, 7) is 1.79. The molecule has 1 fully saturated rings. The summed E-state index contributed by atoms with van der Waals surface area (Å²) in [7, 11) is 0. The summed E-state index contributed by atoms with van der Waals surface area (Å²) in [4.78, 5) is 32.2. The van der Waals surface area contributed by atoms with Gasteiger partial charge in [0.1, 0.15) is 6.04 Å². The van der Waals surface area contributed by atoms with Crippen molar-refractivity contribution in [1.29, 1.82) is 5.26 Å². The van der Waals surface area contributed by atoms with E-state index in [2.05, 4.69) is 10.3 Å². The van der Waals surface area contributed by atoms with Crippen LogP contribution in [-0.4, -0.2) is 39.4 Å². The highest BCUT2D eigenvalue weighted by atomic mass is 35.5. The summed E-state index contributed by atoms with van der Waals surface area (Å²) < 4.78 is 0. The van der Waals surface area contributed by atoms with Gasteiger partial charge in [0.25, 0.3) is 5.91 Å². The summed E-state index contributed by atoms with van der Waals surface area (Å²) in [6, 6.07) is 15.2. The van der Waals surface area contributed by atoms with Gasteiger partial charge in [-0.3, -0.25) is 14.6 Å². The Balaban J connectivity index is 1.57. The molecule has 2 aromatic carbocycles. The molecule has 6 nitrogen and oxygen atoms in total. The average molecular weight is 437 g/mol. The van der Waals surface area contributed by atoms with E-state index in [-0.39, 0.29) is 11.8 Å². The van der Waals surface area contributed by atoms with E-state index in [0.29, 0.717) is 39.2 Å². The monoisotopic (exact) mass is 436 g/mol. The fraction of sp³-hybridized carbons (Fsp3) is 0.182. The van der Waals surface area contributed by atoms with Crippen molar-refractivity contribution < 1.29 is 9.59 Å². The van der Waals surface area contributed by atoms with Crippen molar-refractivity contribution in [1.82, 2.24) is 9.88 Å². The Morgan fingerprint density at radius 1 is 1.23 bits per heavy atom. The van der Waals surface area contributed by atoms with E-state index >= 15 is 0 Å². The number of pyridine rings is 1. The first-order valence-corrected chi connectivity index (χ1v) is 10.8. The van der Waals surface area contributed by atoms with Gasteiger partial charge in [-0.25, -0.2) is 0 Å². The minimum absolute atomic E-state index is 0.230. The molecule has 4 rings (SSSR count). The number of carbonyl (C=O) groups excluding carboxylic acids is 2. The average Bonchev–Trinajstić information content (AvgIpc) is 3.24. The SMILES string of the molecule is Cc1nc2ccc(Cl)cc2cc1C(=O)N1CSCC1C(=O)Nc1ccc(C#N)cc1. The summed E-state index contributed by atoms with van der Waals surface area (Å²) in [5.41, 5.74) is 2.93. The minimum atomic E-state index is -0.590. The van der Waals surface area contributed by atoms with Gasteiger partial charge in [0, 0.05) is 21.8 Å².